The van der Waals surface area contributed by atoms with Crippen molar-refractivity contribution in [2.75, 3.05) is 6.61 Å². The Hall–Kier alpha value is -0.760. The molecule has 1 fully saturated rings. The summed E-state index contributed by atoms with van der Waals surface area (Å²) in [4.78, 5) is 10.8. The van der Waals surface area contributed by atoms with Gasteiger partial charge in [0.25, 0.3) is 0 Å². The Morgan fingerprint density at radius 3 is 2.90 bits per heavy atom. The third-order valence-electron chi connectivity index (χ3n) is 1.43. The maximum absolute atomic E-state index is 10.8. The maximum Gasteiger partial charge on any atom is 0.335 e. The number of rotatable bonds is 1. The zero-order valence-electron chi connectivity index (χ0n) is 5.34. The van der Waals surface area contributed by atoms with Gasteiger partial charge in [-0.15, -0.1) is 6.58 Å². The highest BCUT2D eigenvalue weighted by Gasteiger charge is 2.27. The molecule has 3 heteroatoms. The summed E-state index contributed by atoms with van der Waals surface area (Å²) in [6, 6.07) is 0. The molecule has 0 bridgehead atoms. The first-order valence-electron chi connectivity index (χ1n) is 2.89. The van der Waals surface area contributed by atoms with Crippen LogP contribution >= 0.6 is 11.6 Å². The molecule has 10 heavy (non-hydrogen) atoms. The van der Waals surface area contributed by atoms with Crippen molar-refractivity contribution in [3.8, 4) is 0 Å². The molecular weight excluding hydrogens is 152 g/mol. The first-order valence-corrected chi connectivity index (χ1v) is 3.33. The molecule has 1 rings (SSSR count). The van der Waals surface area contributed by atoms with Gasteiger partial charge in [0, 0.05) is 11.5 Å². The number of halogens is 1. The zero-order chi connectivity index (χ0) is 7.56. The zero-order valence-corrected chi connectivity index (χ0v) is 6.10. The molecule has 0 aliphatic carbocycles. The van der Waals surface area contributed by atoms with E-state index in [1.807, 2.05) is 0 Å². The highest BCUT2D eigenvalue weighted by molar-refractivity contribution is 6.27. The van der Waals surface area contributed by atoms with E-state index in [2.05, 4.69) is 6.58 Å². The van der Waals surface area contributed by atoms with Crippen molar-refractivity contribution in [2.24, 2.45) is 5.92 Å². The van der Waals surface area contributed by atoms with Crippen molar-refractivity contribution < 1.29 is 9.53 Å². The molecular formula is C7H7ClO2. The molecule has 0 saturated carbocycles. The van der Waals surface area contributed by atoms with Gasteiger partial charge in [-0.1, -0.05) is 17.7 Å². The Labute approximate surface area is 64.1 Å². The fourth-order valence-electron chi connectivity index (χ4n) is 0.810. The Bertz CT molecular complexity index is 196. The topological polar surface area (TPSA) is 26.3 Å². The van der Waals surface area contributed by atoms with Gasteiger partial charge >= 0.3 is 5.97 Å². The Morgan fingerprint density at radius 2 is 2.50 bits per heavy atom. The van der Waals surface area contributed by atoms with E-state index in [1.165, 1.54) is 5.54 Å². The van der Waals surface area contributed by atoms with Gasteiger partial charge in [0.2, 0.25) is 0 Å². The van der Waals surface area contributed by atoms with Gasteiger partial charge in [-0.05, 0) is 0 Å². The predicted octanol–water partition coefficient (Wildman–Crippen LogP) is 1.47. The van der Waals surface area contributed by atoms with E-state index in [0.29, 0.717) is 12.2 Å². The second-order valence-corrected chi connectivity index (χ2v) is 2.22. The second kappa shape index (κ2) is 2.88. The van der Waals surface area contributed by atoms with Gasteiger partial charge in [-0.3, -0.25) is 0 Å². The van der Waals surface area contributed by atoms with Crippen LogP contribution in [0.25, 0.3) is 0 Å². The summed E-state index contributed by atoms with van der Waals surface area (Å²) in [7, 11) is 0. The van der Waals surface area contributed by atoms with Crippen LogP contribution in [0.3, 0.4) is 0 Å². The minimum atomic E-state index is -0.333. The molecule has 0 spiro atoms. The second-order valence-electron chi connectivity index (χ2n) is 2.01. The van der Waals surface area contributed by atoms with Crippen LogP contribution < -0.4 is 0 Å². The largest absolute Gasteiger partial charge is 0.461 e. The van der Waals surface area contributed by atoms with Gasteiger partial charge in [0.1, 0.15) is 6.61 Å². The average molecular weight is 159 g/mol. The van der Waals surface area contributed by atoms with Crippen LogP contribution in [-0.4, -0.2) is 12.6 Å². The minimum Gasteiger partial charge on any atom is -0.461 e. The van der Waals surface area contributed by atoms with Crippen LogP contribution in [0.1, 0.15) is 0 Å². The summed E-state index contributed by atoms with van der Waals surface area (Å²) in [5, 5.41) is 0. The van der Waals surface area contributed by atoms with Crippen molar-refractivity contribution in [3.05, 3.63) is 23.8 Å². The van der Waals surface area contributed by atoms with E-state index in [9.17, 15) is 4.79 Å². The van der Waals surface area contributed by atoms with E-state index >= 15 is 0 Å². The molecule has 2 nitrogen and oxygen atoms in total. The normalized spacial score (nSPS) is 28.7. The first kappa shape index (κ1) is 7.35. The van der Waals surface area contributed by atoms with Crippen molar-refractivity contribution in [1.29, 1.82) is 0 Å². The molecule has 0 amide bonds. The predicted molar refractivity (Wildman–Crippen MR) is 38.6 cm³/mol. The molecule has 1 unspecified atom stereocenters. The van der Waals surface area contributed by atoms with Crippen LogP contribution in [0.2, 0.25) is 0 Å². The fraction of sp³-hybridized carbons (Fsp3) is 0.286. The van der Waals surface area contributed by atoms with Crippen LogP contribution in [0, 0.1) is 5.92 Å². The lowest BCUT2D eigenvalue weighted by Crippen LogP contribution is -1.98. The summed E-state index contributed by atoms with van der Waals surface area (Å²) in [6.07, 6.45) is 1.65. The SMILES string of the molecule is C=CC1COC(=O)/C1=C\Cl. The standard InChI is InChI=1S/C7H7ClO2/c1-2-5-4-10-7(9)6(5)3-8/h2-3,5H,1,4H2/b6-3-. The summed E-state index contributed by atoms with van der Waals surface area (Å²) >= 11 is 5.37. The van der Waals surface area contributed by atoms with E-state index < -0.39 is 0 Å². The van der Waals surface area contributed by atoms with Crippen molar-refractivity contribution in [1.82, 2.24) is 0 Å². The van der Waals surface area contributed by atoms with Gasteiger partial charge in [0.05, 0.1) is 5.57 Å². The van der Waals surface area contributed by atoms with E-state index in [0.717, 1.165) is 0 Å². The molecule has 0 radical (unpaired) electrons. The molecule has 1 heterocycles. The van der Waals surface area contributed by atoms with Crippen LogP contribution in [0.4, 0.5) is 0 Å². The first-order chi connectivity index (χ1) is 4.79. The van der Waals surface area contributed by atoms with Crippen LogP contribution in [-0.2, 0) is 9.53 Å². The van der Waals surface area contributed by atoms with E-state index in [1.54, 1.807) is 6.08 Å². The number of ether oxygens (including phenoxy) is 1. The average Bonchev–Trinajstić information content (AvgIpc) is 2.30. The Kier molecular flexibility index (Phi) is 2.12. The quantitative estimate of drug-likeness (QED) is 0.328. The molecule has 0 aromatic rings. The molecule has 1 aliphatic heterocycles. The maximum atomic E-state index is 10.8. The number of hydrogen-bond acceptors (Lipinski definition) is 2. The number of carbonyl (C=O) groups is 1. The van der Waals surface area contributed by atoms with E-state index in [4.69, 9.17) is 16.3 Å². The third-order valence-corrected chi connectivity index (χ3v) is 1.67. The molecule has 1 saturated heterocycles. The fourth-order valence-corrected chi connectivity index (χ4v) is 1.06. The van der Waals surface area contributed by atoms with Crippen molar-refractivity contribution >= 4 is 17.6 Å². The van der Waals surface area contributed by atoms with Crippen LogP contribution in [0.5, 0.6) is 0 Å². The number of cyclic esters (lactones) is 1. The number of esters is 1. The lowest BCUT2D eigenvalue weighted by atomic mass is 10.1. The molecule has 1 atom stereocenters. The van der Waals surface area contributed by atoms with Crippen LogP contribution in [0.15, 0.2) is 23.8 Å². The third kappa shape index (κ3) is 1.07. The highest BCUT2D eigenvalue weighted by Crippen LogP contribution is 2.22. The van der Waals surface area contributed by atoms with Crippen molar-refractivity contribution in [3.63, 3.8) is 0 Å². The molecule has 0 N–H and O–H groups in total. The highest BCUT2D eigenvalue weighted by atomic mass is 35.5. The molecule has 0 aromatic carbocycles. The van der Waals surface area contributed by atoms with E-state index in [-0.39, 0.29) is 11.9 Å². The monoisotopic (exact) mass is 158 g/mol. The Morgan fingerprint density at radius 1 is 1.80 bits per heavy atom. The summed E-state index contributed by atoms with van der Waals surface area (Å²) < 4.78 is 4.70. The van der Waals surface area contributed by atoms with Gasteiger partial charge < -0.3 is 4.74 Å². The molecule has 0 aromatic heterocycles. The summed E-state index contributed by atoms with van der Waals surface area (Å²) in [5.41, 5.74) is 1.75. The molecule has 1 aliphatic rings. The molecule has 54 valence electrons. The van der Waals surface area contributed by atoms with Gasteiger partial charge in [-0.2, -0.15) is 0 Å². The van der Waals surface area contributed by atoms with Gasteiger partial charge in [0.15, 0.2) is 0 Å². The number of carbonyl (C=O) groups excluding carboxylic acids is 1. The van der Waals surface area contributed by atoms with Gasteiger partial charge in [-0.25, -0.2) is 4.79 Å². The smallest absolute Gasteiger partial charge is 0.335 e. The lowest BCUT2D eigenvalue weighted by Gasteiger charge is -1.95. The minimum absolute atomic E-state index is 0.0231. The summed E-state index contributed by atoms with van der Waals surface area (Å²) in [6.45, 7) is 3.92. The summed E-state index contributed by atoms with van der Waals surface area (Å²) in [5.74, 6) is -0.357. The number of hydrogen-bond donors (Lipinski definition) is 0. The Balaban J connectivity index is 2.82. The van der Waals surface area contributed by atoms with Crippen molar-refractivity contribution in [2.45, 2.75) is 0 Å². The lowest BCUT2D eigenvalue weighted by molar-refractivity contribution is -0.135.